The molecule has 0 fully saturated rings. The Bertz CT molecular complexity index is 836. The van der Waals surface area contributed by atoms with E-state index in [9.17, 15) is 0 Å². The predicted molar refractivity (Wildman–Crippen MR) is 137 cm³/mol. The molecule has 0 spiro atoms. The van der Waals surface area contributed by atoms with Gasteiger partial charge in [0.25, 0.3) is 0 Å². The summed E-state index contributed by atoms with van der Waals surface area (Å²) >= 11 is 0. The SMILES string of the molecule is CNC[C@H](Cc1ccccc1)NC[C@H](Cc1ccccc1)NCCCCc1ccccc1. The van der Waals surface area contributed by atoms with E-state index < -0.39 is 0 Å². The molecule has 3 heteroatoms. The summed E-state index contributed by atoms with van der Waals surface area (Å²) in [6.45, 7) is 2.98. The summed E-state index contributed by atoms with van der Waals surface area (Å²) in [5.41, 5.74) is 4.21. The Balaban J connectivity index is 1.49. The van der Waals surface area contributed by atoms with Gasteiger partial charge in [-0.1, -0.05) is 91.0 Å². The Labute approximate surface area is 194 Å². The summed E-state index contributed by atoms with van der Waals surface area (Å²) in [5.74, 6) is 0. The van der Waals surface area contributed by atoms with Gasteiger partial charge in [-0.15, -0.1) is 0 Å². The van der Waals surface area contributed by atoms with Crippen molar-refractivity contribution in [2.24, 2.45) is 0 Å². The van der Waals surface area contributed by atoms with Crippen molar-refractivity contribution >= 4 is 0 Å². The van der Waals surface area contributed by atoms with Crippen LogP contribution in [0.1, 0.15) is 29.5 Å². The van der Waals surface area contributed by atoms with E-state index in [1.54, 1.807) is 0 Å². The zero-order chi connectivity index (χ0) is 22.3. The molecule has 0 aromatic heterocycles. The highest BCUT2D eigenvalue weighted by atomic mass is 15.0. The second kappa shape index (κ2) is 14.6. The summed E-state index contributed by atoms with van der Waals surface area (Å²) in [7, 11) is 2.03. The van der Waals surface area contributed by atoms with Crippen molar-refractivity contribution in [2.45, 2.75) is 44.2 Å². The lowest BCUT2D eigenvalue weighted by Gasteiger charge is -2.24. The minimum absolute atomic E-state index is 0.417. The molecule has 3 aromatic rings. The molecule has 3 N–H and O–H groups in total. The van der Waals surface area contributed by atoms with E-state index >= 15 is 0 Å². The fourth-order valence-corrected chi connectivity index (χ4v) is 4.19. The minimum Gasteiger partial charge on any atom is -0.318 e. The van der Waals surface area contributed by atoms with Gasteiger partial charge in [0.15, 0.2) is 0 Å². The van der Waals surface area contributed by atoms with Crippen molar-refractivity contribution in [1.29, 1.82) is 0 Å². The van der Waals surface area contributed by atoms with E-state index in [-0.39, 0.29) is 0 Å². The van der Waals surface area contributed by atoms with Crippen molar-refractivity contribution in [3.05, 3.63) is 108 Å². The first-order valence-corrected chi connectivity index (χ1v) is 12.1. The van der Waals surface area contributed by atoms with Gasteiger partial charge >= 0.3 is 0 Å². The average Bonchev–Trinajstić information content (AvgIpc) is 2.84. The quantitative estimate of drug-likeness (QED) is 0.308. The molecule has 170 valence electrons. The number of hydrogen-bond donors (Lipinski definition) is 3. The Morgan fingerprint density at radius 2 is 1.06 bits per heavy atom. The van der Waals surface area contributed by atoms with Crippen LogP contribution >= 0.6 is 0 Å². The molecule has 0 bridgehead atoms. The number of likely N-dealkylation sites (N-methyl/N-ethyl adjacent to an activating group) is 1. The lowest BCUT2D eigenvalue weighted by Crippen LogP contribution is -2.47. The standard InChI is InChI=1S/C29H39N3/c1-30-23-28(21-26-16-7-3-8-17-26)32-24-29(22-27-18-9-4-10-19-27)31-20-12-11-15-25-13-5-2-6-14-25/h2-10,13-14,16-19,28-32H,11-12,15,20-24H2,1H3/t28-,29-/m0/s1. The van der Waals surface area contributed by atoms with Gasteiger partial charge in [-0.2, -0.15) is 0 Å². The summed E-state index contributed by atoms with van der Waals surface area (Å²) in [4.78, 5) is 0. The summed E-state index contributed by atoms with van der Waals surface area (Å²) in [6.07, 6.45) is 5.66. The molecule has 3 nitrogen and oxygen atoms in total. The molecule has 3 rings (SSSR count). The number of aryl methyl sites for hydroxylation is 1. The molecule has 2 atom stereocenters. The third kappa shape index (κ3) is 9.35. The van der Waals surface area contributed by atoms with Gasteiger partial charge in [0, 0.05) is 25.2 Å². The number of rotatable bonds is 15. The summed E-state index contributed by atoms with van der Waals surface area (Å²) in [6, 6.07) is 33.3. The van der Waals surface area contributed by atoms with Crippen molar-refractivity contribution in [1.82, 2.24) is 16.0 Å². The first kappa shape index (κ1) is 24.2. The average molecular weight is 430 g/mol. The van der Waals surface area contributed by atoms with Crippen LogP contribution in [-0.4, -0.2) is 38.8 Å². The lowest BCUT2D eigenvalue weighted by atomic mass is 10.0. The normalized spacial score (nSPS) is 13.0. The van der Waals surface area contributed by atoms with Crippen LogP contribution in [0, 0.1) is 0 Å². The van der Waals surface area contributed by atoms with Crippen LogP contribution < -0.4 is 16.0 Å². The molecule has 0 aliphatic rings. The number of unbranched alkanes of at least 4 members (excludes halogenated alkanes) is 1. The summed E-state index contributed by atoms with van der Waals surface area (Å²) < 4.78 is 0. The largest absolute Gasteiger partial charge is 0.318 e. The number of nitrogens with one attached hydrogen (secondary N) is 3. The lowest BCUT2D eigenvalue weighted by molar-refractivity contribution is 0.413. The molecule has 0 heterocycles. The molecule has 3 aromatic carbocycles. The molecule has 0 saturated heterocycles. The Morgan fingerprint density at radius 3 is 1.59 bits per heavy atom. The zero-order valence-corrected chi connectivity index (χ0v) is 19.5. The predicted octanol–water partition coefficient (Wildman–Crippen LogP) is 4.63. The first-order chi connectivity index (χ1) is 15.8. The van der Waals surface area contributed by atoms with Gasteiger partial charge in [0.2, 0.25) is 0 Å². The van der Waals surface area contributed by atoms with Crippen LogP contribution in [0.25, 0.3) is 0 Å². The Hall–Kier alpha value is -2.46. The molecule has 32 heavy (non-hydrogen) atoms. The first-order valence-electron chi connectivity index (χ1n) is 12.1. The third-order valence-corrected chi connectivity index (χ3v) is 5.92. The van der Waals surface area contributed by atoms with Gasteiger partial charge in [0.05, 0.1) is 0 Å². The van der Waals surface area contributed by atoms with Crippen molar-refractivity contribution in [2.75, 3.05) is 26.7 Å². The minimum atomic E-state index is 0.417. The van der Waals surface area contributed by atoms with E-state index in [0.29, 0.717) is 12.1 Å². The smallest absolute Gasteiger partial charge is 0.0233 e. The van der Waals surface area contributed by atoms with Crippen LogP contribution in [0.3, 0.4) is 0 Å². The highest BCUT2D eigenvalue weighted by Crippen LogP contribution is 2.07. The molecule has 0 aliphatic heterocycles. The zero-order valence-electron chi connectivity index (χ0n) is 19.5. The van der Waals surface area contributed by atoms with Crippen LogP contribution in [0.2, 0.25) is 0 Å². The Kier molecular flexibility index (Phi) is 11.0. The fraction of sp³-hybridized carbons (Fsp3) is 0.379. The number of hydrogen-bond acceptors (Lipinski definition) is 3. The van der Waals surface area contributed by atoms with Crippen LogP contribution in [0.5, 0.6) is 0 Å². The second-order valence-electron chi connectivity index (χ2n) is 8.64. The molecule has 0 amide bonds. The van der Waals surface area contributed by atoms with Crippen LogP contribution in [0.15, 0.2) is 91.0 Å². The second-order valence-corrected chi connectivity index (χ2v) is 8.64. The van der Waals surface area contributed by atoms with Gasteiger partial charge in [-0.05, 0) is 62.4 Å². The van der Waals surface area contributed by atoms with Gasteiger partial charge in [-0.3, -0.25) is 0 Å². The summed E-state index contributed by atoms with van der Waals surface area (Å²) in [5, 5.41) is 11.0. The maximum Gasteiger partial charge on any atom is 0.0233 e. The molecule has 0 radical (unpaired) electrons. The molecule has 0 aliphatic carbocycles. The molecular weight excluding hydrogens is 390 g/mol. The van der Waals surface area contributed by atoms with Gasteiger partial charge in [-0.25, -0.2) is 0 Å². The van der Waals surface area contributed by atoms with E-state index in [1.165, 1.54) is 29.5 Å². The van der Waals surface area contributed by atoms with E-state index in [2.05, 4.69) is 107 Å². The monoisotopic (exact) mass is 429 g/mol. The van der Waals surface area contributed by atoms with Gasteiger partial charge in [0.1, 0.15) is 0 Å². The molecule has 0 unspecified atom stereocenters. The highest BCUT2D eigenvalue weighted by Gasteiger charge is 2.13. The van der Waals surface area contributed by atoms with Gasteiger partial charge < -0.3 is 16.0 Å². The third-order valence-electron chi connectivity index (χ3n) is 5.92. The van der Waals surface area contributed by atoms with E-state index in [0.717, 1.165) is 38.9 Å². The fourth-order valence-electron chi connectivity index (χ4n) is 4.19. The van der Waals surface area contributed by atoms with E-state index in [1.807, 2.05) is 7.05 Å². The van der Waals surface area contributed by atoms with E-state index in [4.69, 9.17) is 0 Å². The topological polar surface area (TPSA) is 36.1 Å². The number of benzene rings is 3. The maximum atomic E-state index is 3.83. The maximum absolute atomic E-state index is 3.83. The van der Waals surface area contributed by atoms with Crippen LogP contribution in [-0.2, 0) is 19.3 Å². The van der Waals surface area contributed by atoms with Crippen molar-refractivity contribution in [3.8, 4) is 0 Å². The molecular formula is C29H39N3. The molecule has 0 saturated carbocycles. The van der Waals surface area contributed by atoms with Crippen molar-refractivity contribution < 1.29 is 0 Å². The Morgan fingerprint density at radius 1 is 0.562 bits per heavy atom. The van der Waals surface area contributed by atoms with Crippen molar-refractivity contribution in [3.63, 3.8) is 0 Å². The van der Waals surface area contributed by atoms with Crippen LogP contribution in [0.4, 0.5) is 0 Å². The highest BCUT2D eigenvalue weighted by molar-refractivity contribution is 5.17.